The number of nitrogens with two attached hydrogens (primary N) is 1. The summed E-state index contributed by atoms with van der Waals surface area (Å²) in [4.78, 5) is 26.6. The molecule has 0 bridgehead atoms. The Hall–Kier alpha value is -2.49. The third-order valence-electron chi connectivity index (χ3n) is 6.62. The van der Waals surface area contributed by atoms with Gasteiger partial charge >= 0.3 is 0 Å². The van der Waals surface area contributed by atoms with Crippen molar-refractivity contribution in [3.63, 3.8) is 0 Å². The number of carbonyl (C=O) groups excluding carboxylic acids is 1. The number of rotatable bonds is 6. The lowest BCUT2D eigenvalue weighted by Gasteiger charge is -2.46. The number of benzene rings is 1. The Morgan fingerprint density at radius 3 is 2.39 bits per heavy atom. The van der Waals surface area contributed by atoms with Crippen molar-refractivity contribution >= 4 is 35.0 Å². The first-order chi connectivity index (χ1) is 17.1. The highest BCUT2D eigenvalue weighted by Crippen LogP contribution is 2.27. The van der Waals surface area contributed by atoms with Crippen LogP contribution in [0, 0.1) is 5.92 Å². The van der Waals surface area contributed by atoms with Crippen molar-refractivity contribution in [3.8, 4) is 0 Å². The number of carboxylic acid groups (broad SMARTS) is 1. The maximum Gasteiger partial charge on any atom is 0.300 e. The van der Waals surface area contributed by atoms with Crippen molar-refractivity contribution in [2.45, 2.75) is 71.1 Å². The SMILES string of the molecule is CC(=O)O.CC(C)CC(=O)[C@H]1CN(C2CCN(C3=NN=C(N)C3)CC2)[C@@H](Cc2ccc(Cl)cc2)CO1. The molecular formula is C26H38ClN5O4. The van der Waals surface area contributed by atoms with Crippen LogP contribution in [-0.4, -0.2) is 82.8 Å². The molecule has 36 heavy (non-hydrogen) atoms. The van der Waals surface area contributed by atoms with E-state index < -0.39 is 5.97 Å². The molecule has 0 saturated carbocycles. The lowest BCUT2D eigenvalue weighted by atomic mass is 9.94. The van der Waals surface area contributed by atoms with Crippen LogP contribution in [0.5, 0.6) is 0 Å². The van der Waals surface area contributed by atoms with Crippen molar-refractivity contribution in [2.75, 3.05) is 26.2 Å². The number of carboxylic acids is 1. The smallest absolute Gasteiger partial charge is 0.300 e. The molecule has 3 aliphatic heterocycles. The highest BCUT2D eigenvalue weighted by Gasteiger charge is 2.38. The Morgan fingerprint density at radius 1 is 1.19 bits per heavy atom. The molecule has 0 radical (unpaired) electrons. The van der Waals surface area contributed by atoms with E-state index in [1.807, 2.05) is 12.1 Å². The number of amidine groups is 2. The first kappa shape index (κ1) is 28.1. The summed E-state index contributed by atoms with van der Waals surface area (Å²) in [5.41, 5.74) is 7.04. The second-order valence-electron chi connectivity index (χ2n) is 10.1. The molecule has 4 rings (SSSR count). The van der Waals surface area contributed by atoms with Gasteiger partial charge in [0.2, 0.25) is 0 Å². The minimum atomic E-state index is -0.833. The summed E-state index contributed by atoms with van der Waals surface area (Å²) in [7, 11) is 0. The summed E-state index contributed by atoms with van der Waals surface area (Å²) in [6.45, 7) is 8.36. The first-order valence-corrected chi connectivity index (χ1v) is 13.0. The van der Waals surface area contributed by atoms with E-state index in [-0.39, 0.29) is 17.9 Å². The van der Waals surface area contributed by atoms with Gasteiger partial charge in [0.05, 0.1) is 13.0 Å². The van der Waals surface area contributed by atoms with Crippen LogP contribution in [-0.2, 0) is 20.7 Å². The van der Waals surface area contributed by atoms with Gasteiger partial charge in [-0.3, -0.25) is 14.5 Å². The summed E-state index contributed by atoms with van der Waals surface area (Å²) in [6.07, 6.45) is 3.83. The topological polar surface area (TPSA) is 121 Å². The summed E-state index contributed by atoms with van der Waals surface area (Å²) >= 11 is 6.07. The lowest BCUT2D eigenvalue weighted by molar-refractivity contribution is -0.144. The number of nitrogens with zero attached hydrogens (tertiary/aromatic N) is 4. The van der Waals surface area contributed by atoms with Gasteiger partial charge in [-0.05, 0) is 42.9 Å². The standard InChI is InChI=1S/C24H34ClN5O2.C2H4O2/c1-16(2)11-21(31)22-14-30(20(15-32-22)12-17-3-5-18(25)6-4-17)19-7-9-29(10-8-19)24-13-23(26)27-28-24;1-2(3)4/h3-6,16,19-20,22H,7-15H2,1-2H3,(H2,26,27);1H3,(H,3,4)/t20-,22+;/m0./s1. The molecule has 2 atom stereocenters. The molecule has 0 amide bonds. The normalized spacial score (nSPS) is 23.1. The number of halogens is 1. The molecule has 3 aliphatic rings. The van der Waals surface area contributed by atoms with E-state index in [0.717, 1.165) is 50.1 Å². The number of hydrogen-bond acceptors (Lipinski definition) is 8. The van der Waals surface area contributed by atoms with E-state index in [1.54, 1.807) is 0 Å². The Bertz CT molecular complexity index is 954. The van der Waals surface area contributed by atoms with Crippen LogP contribution in [0.4, 0.5) is 0 Å². The van der Waals surface area contributed by atoms with Crippen LogP contribution in [0.15, 0.2) is 34.5 Å². The molecule has 2 fully saturated rings. The fourth-order valence-electron chi connectivity index (χ4n) is 4.95. The Labute approximate surface area is 218 Å². The number of morpholine rings is 1. The molecule has 198 valence electrons. The maximum absolute atomic E-state index is 12.8. The number of aliphatic carboxylic acids is 1. The summed E-state index contributed by atoms with van der Waals surface area (Å²) < 4.78 is 6.11. The van der Waals surface area contributed by atoms with Crippen molar-refractivity contribution < 1.29 is 19.4 Å². The van der Waals surface area contributed by atoms with E-state index in [1.165, 1.54) is 5.56 Å². The van der Waals surface area contributed by atoms with Gasteiger partial charge in [0.25, 0.3) is 5.97 Å². The van der Waals surface area contributed by atoms with E-state index >= 15 is 0 Å². The van der Waals surface area contributed by atoms with Gasteiger partial charge in [-0.15, -0.1) is 10.2 Å². The van der Waals surface area contributed by atoms with E-state index in [0.29, 0.717) is 43.8 Å². The van der Waals surface area contributed by atoms with Crippen LogP contribution in [0.2, 0.25) is 5.02 Å². The van der Waals surface area contributed by atoms with Crippen LogP contribution in [0.25, 0.3) is 0 Å². The molecule has 9 nitrogen and oxygen atoms in total. The number of hydrogen-bond donors (Lipinski definition) is 2. The van der Waals surface area contributed by atoms with Crippen LogP contribution >= 0.6 is 11.6 Å². The number of carbonyl (C=O) groups is 2. The van der Waals surface area contributed by atoms with Gasteiger partial charge in [0.15, 0.2) is 5.78 Å². The molecule has 10 heteroatoms. The third kappa shape index (κ3) is 8.28. The molecule has 0 aliphatic carbocycles. The van der Waals surface area contributed by atoms with Gasteiger partial charge in [-0.2, -0.15) is 0 Å². The molecular weight excluding hydrogens is 482 g/mol. The van der Waals surface area contributed by atoms with Gasteiger partial charge < -0.3 is 20.5 Å². The zero-order valence-electron chi connectivity index (χ0n) is 21.4. The predicted octanol–water partition coefficient (Wildman–Crippen LogP) is 3.20. The minimum Gasteiger partial charge on any atom is -0.481 e. The van der Waals surface area contributed by atoms with Crippen molar-refractivity contribution in [1.29, 1.82) is 0 Å². The second kappa shape index (κ2) is 13.2. The summed E-state index contributed by atoms with van der Waals surface area (Å²) in [5, 5.41) is 16.4. The second-order valence-corrected chi connectivity index (χ2v) is 10.5. The Balaban J connectivity index is 0.000000840. The average Bonchev–Trinajstić information content (AvgIpc) is 3.26. The number of ether oxygens (including phenoxy) is 1. The minimum absolute atomic E-state index is 0.223. The highest BCUT2D eigenvalue weighted by molar-refractivity contribution is 6.30. The van der Waals surface area contributed by atoms with Crippen molar-refractivity contribution in [3.05, 3.63) is 34.9 Å². The molecule has 2 saturated heterocycles. The largest absolute Gasteiger partial charge is 0.481 e. The highest BCUT2D eigenvalue weighted by atomic mass is 35.5. The third-order valence-corrected chi connectivity index (χ3v) is 6.87. The van der Waals surface area contributed by atoms with Gasteiger partial charge in [0, 0.05) is 50.1 Å². The lowest BCUT2D eigenvalue weighted by Crippen LogP contribution is -2.58. The predicted molar refractivity (Wildman–Crippen MR) is 141 cm³/mol. The number of Topliss-reactive ketones (excluding diaryl/α,β-unsaturated/α-hetero) is 1. The number of ketones is 1. The zero-order chi connectivity index (χ0) is 26.2. The number of likely N-dealkylation sites (tertiary alicyclic amines) is 1. The molecule has 3 heterocycles. The molecule has 3 N–H and O–H groups in total. The Kier molecular flexibility index (Phi) is 10.3. The number of piperidine rings is 1. The summed E-state index contributed by atoms with van der Waals surface area (Å²) in [5.74, 6) is 1.30. The van der Waals surface area contributed by atoms with Crippen molar-refractivity contribution in [1.82, 2.24) is 9.80 Å². The van der Waals surface area contributed by atoms with Crippen molar-refractivity contribution in [2.24, 2.45) is 21.9 Å². The van der Waals surface area contributed by atoms with E-state index in [9.17, 15) is 4.79 Å². The van der Waals surface area contributed by atoms with Gasteiger partial charge in [-0.25, -0.2) is 0 Å². The Morgan fingerprint density at radius 2 is 1.83 bits per heavy atom. The first-order valence-electron chi connectivity index (χ1n) is 12.6. The molecule has 0 unspecified atom stereocenters. The fourth-order valence-corrected chi connectivity index (χ4v) is 5.07. The van der Waals surface area contributed by atoms with E-state index in [4.69, 9.17) is 32.0 Å². The quantitative estimate of drug-likeness (QED) is 0.592. The maximum atomic E-state index is 12.8. The van der Waals surface area contributed by atoms with Crippen LogP contribution < -0.4 is 5.73 Å². The molecule has 0 spiro atoms. The molecule has 1 aromatic rings. The fraction of sp³-hybridized carbons (Fsp3) is 0.615. The van der Waals surface area contributed by atoms with Crippen LogP contribution in [0.1, 0.15) is 52.0 Å². The molecule has 0 aromatic heterocycles. The van der Waals surface area contributed by atoms with Gasteiger partial charge in [0.1, 0.15) is 17.8 Å². The van der Waals surface area contributed by atoms with E-state index in [2.05, 4.69) is 46.0 Å². The van der Waals surface area contributed by atoms with Crippen LogP contribution in [0.3, 0.4) is 0 Å². The summed E-state index contributed by atoms with van der Waals surface area (Å²) in [6, 6.07) is 8.72. The monoisotopic (exact) mass is 519 g/mol. The average molecular weight is 520 g/mol. The van der Waals surface area contributed by atoms with Gasteiger partial charge in [-0.1, -0.05) is 37.6 Å². The molecule has 1 aromatic carbocycles. The zero-order valence-corrected chi connectivity index (χ0v) is 22.2.